The van der Waals surface area contributed by atoms with Crippen LogP contribution in [0, 0.1) is 0 Å². The van der Waals surface area contributed by atoms with Crippen molar-refractivity contribution in [3.05, 3.63) is 36.9 Å². The molecule has 2 heterocycles. The second-order valence-corrected chi connectivity index (χ2v) is 3.95. The fourth-order valence-electron chi connectivity index (χ4n) is 1.38. The van der Waals surface area contributed by atoms with Gasteiger partial charge in [-0.2, -0.15) is 0 Å². The van der Waals surface area contributed by atoms with E-state index in [1.54, 1.807) is 12.4 Å². The van der Waals surface area contributed by atoms with Crippen molar-refractivity contribution in [2.45, 2.75) is 19.9 Å². The van der Waals surface area contributed by atoms with E-state index in [1.807, 2.05) is 18.2 Å². The average molecular weight is 229 g/mol. The monoisotopic (exact) mass is 229 g/mol. The van der Waals surface area contributed by atoms with E-state index < -0.39 is 0 Å². The van der Waals surface area contributed by atoms with E-state index in [2.05, 4.69) is 39.4 Å². The quantitative estimate of drug-likeness (QED) is 0.843. The third kappa shape index (κ3) is 3.41. The van der Waals surface area contributed by atoms with Crippen LogP contribution in [-0.2, 0) is 0 Å². The van der Waals surface area contributed by atoms with Crippen molar-refractivity contribution in [2.75, 3.05) is 10.6 Å². The van der Waals surface area contributed by atoms with Gasteiger partial charge in [0, 0.05) is 18.3 Å². The van der Waals surface area contributed by atoms with E-state index in [4.69, 9.17) is 0 Å². The third-order valence-electron chi connectivity index (χ3n) is 2.04. The topological polar surface area (TPSA) is 62.7 Å². The molecule has 0 saturated carbocycles. The number of aromatic nitrogens is 3. The Morgan fingerprint density at radius 3 is 2.71 bits per heavy atom. The fraction of sp³-hybridized carbons (Fsp3) is 0.250. The highest BCUT2D eigenvalue weighted by atomic mass is 15.1. The van der Waals surface area contributed by atoms with Gasteiger partial charge in [0.25, 0.3) is 0 Å². The molecule has 2 N–H and O–H groups in total. The fourth-order valence-corrected chi connectivity index (χ4v) is 1.38. The molecule has 0 aliphatic carbocycles. The van der Waals surface area contributed by atoms with Crippen molar-refractivity contribution < 1.29 is 0 Å². The summed E-state index contributed by atoms with van der Waals surface area (Å²) in [6.45, 7) is 4.13. The molecule has 88 valence electrons. The summed E-state index contributed by atoms with van der Waals surface area (Å²) in [5.74, 6) is 1.55. The van der Waals surface area contributed by atoms with Crippen molar-refractivity contribution >= 4 is 17.3 Å². The lowest BCUT2D eigenvalue weighted by Crippen LogP contribution is -2.11. The van der Waals surface area contributed by atoms with E-state index in [0.29, 0.717) is 6.04 Å². The zero-order valence-electron chi connectivity index (χ0n) is 9.88. The van der Waals surface area contributed by atoms with Crippen LogP contribution >= 0.6 is 0 Å². The van der Waals surface area contributed by atoms with Crippen LogP contribution in [0.5, 0.6) is 0 Å². The lowest BCUT2D eigenvalue weighted by atomic mass is 10.4. The number of anilines is 3. The van der Waals surface area contributed by atoms with Gasteiger partial charge in [-0.25, -0.2) is 9.97 Å². The predicted octanol–water partition coefficient (Wildman–Crippen LogP) is 2.44. The highest BCUT2D eigenvalue weighted by Crippen LogP contribution is 2.15. The van der Waals surface area contributed by atoms with Crippen LogP contribution in [0.4, 0.5) is 17.3 Å². The molecule has 2 aromatic heterocycles. The molecule has 0 amide bonds. The summed E-state index contributed by atoms with van der Waals surface area (Å²) < 4.78 is 0. The first-order valence-electron chi connectivity index (χ1n) is 5.49. The molecule has 17 heavy (non-hydrogen) atoms. The van der Waals surface area contributed by atoms with Crippen LogP contribution in [0.3, 0.4) is 0 Å². The van der Waals surface area contributed by atoms with Crippen LogP contribution in [0.1, 0.15) is 13.8 Å². The molecule has 0 bridgehead atoms. The average Bonchev–Trinajstić information content (AvgIpc) is 2.30. The predicted molar refractivity (Wildman–Crippen MR) is 68.3 cm³/mol. The zero-order valence-corrected chi connectivity index (χ0v) is 9.88. The Labute approximate surface area is 100 Å². The third-order valence-corrected chi connectivity index (χ3v) is 2.04. The summed E-state index contributed by atoms with van der Waals surface area (Å²) in [5, 5.41) is 6.39. The Morgan fingerprint density at radius 1 is 1.18 bits per heavy atom. The molecule has 0 fully saturated rings. The molecular formula is C12H15N5. The standard InChI is InChI=1S/C12H15N5/c1-9(2)16-11-6-12(15-8-14-11)17-10-4-3-5-13-7-10/h3-9H,1-2H3,(H2,14,15,16,17). The molecule has 0 aliphatic rings. The minimum Gasteiger partial charge on any atom is -0.368 e. The first-order valence-corrected chi connectivity index (χ1v) is 5.49. The number of nitrogens with zero attached hydrogens (tertiary/aromatic N) is 3. The van der Waals surface area contributed by atoms with E-state index in [9.17, 15) is 0 Å². The van der Waals surface area contributed by atoms with Crippen molar-refractivity contribution in [3.8, 4) is 0 Å². The maximum atomic E-state index is 4.15. The highest BCUT2D eigenvalue weighted by Gasteiger charge is 2.00. The normalized spacial score (nSPS) is 10.3. The Hall–Kier alpha value is -2.17. The molecule has 0 spiro atoms. The van der Waals surface area contributed by atoms with Crippen molar-refractivity contribution in [2.24, 2.45) is 0 Å². The van der Waals surface area contributed by atoms with Gasteiger partial charge in [0.15, 0.2) is 0 Å². The van der Waals surface area contributed by atoms with Gasteiger partial charge in [0.2, 0.25) is 0 Å². The first kappa shape index (κ1) is 11.3. The largest absolute Gasteiger partial charge is 0.368 e. The Kier molecular flexibility index (Phi) is 3.49. The summed E-state index contributed by atoms with van der Waals surface area (Å²) in [5.41, 5.74) is 0.904. The van der Waals surface area contributed by atoms with Crippen LogP contribution in [0.25, 0.3) is 0 Å². The molecule has 5 nitrogen and oxygen atoms in total. The van der Waals surface area contributed by atoms with Gasteiger partial charge >= 0.3 is 0 Å². The summed E-state index contributed by atoms with van der Waals surface area (Å²) in [6.07, 6.45) is 5.01. The molecule has 0 unspecified atom stereocenters. The molecule has 2 aromatic rings. The summed E-state index contributed by atoms with van der Waals surface area (Å²) in [4.78, 5) is 12.3. The Bertz CT molecular complexity index is 469. The van der Waals surface area contributed by atoms with Crippen LogP contribution in [0.15, 0.2) is 36.9 Å². The molecular weight excluding hydrogens is 214 g/mol. The van der Waals surface area contributed by atoms with Gasteiger partial charge in [0.1, 0.15) is 18.0 Å². The van der Waals surface area contributed by atoms with Gasteiger partial charge in [-0.05, 0) is 26.0 Å². The lowest BCUT2D eigenvalue weighted by molar-refractivity contribution is 0.886. The van der Waals surface area contributed by atoms with Crippen molar-refractivity contribution in [1.29, 1.82) is 0 Å². The number of hydrogen-bond acceptors (Lipinski definition) is 5. The SMILES string of the molecule is CC(C)Nc1cc(Nc2cccnc2)ncn1. The van der Waals surface area contributed by atoms with Crippen LogP contribution < -0.4 is 10.6 Å². The minimum absolute atomic E-state index is 0.344. The molecule has 2 rings (SSSR count). The van der Waals surface area contributed by atoms with Crippen molar-refractivity contribution in [3.63, 3.8) is 0 Å². The second-order valence-electron chi connectivity index (χ2n) is 3.95. The zero-order chi connectivity index (χ0) is 12.1. The first-order chi connectivity index (χ1) is 8.24. The van der Waals surface area contributed by atoms with Crippen molar-refractivity contribution in [1.82, 2.24) is 15.0 Å². The van der Waals surface area contributed by atoms with E-state index in [0.717, 1.165) is 17.3 Å². The molecule has 0 aromatic carbocycles. The van der Waals surface area contributed by atoms with Gasteiger partial charge in [-0.15, -0.1) is 0 Å². The molecule has 0 radical (unpaired) electrons. The summed E-state index contributed by atoms with van der Waals surface area (Å²) in [7, 11) is 0. The van der Waals surface area contributed by atoms with Gasteiger partial charge in [-0.1, -0.05) is 0 Å². The summed E-state index contributed by atoms with van der Waals surface area (Å²) >= 11 is 0. The molecule has 5 heteroatoms. The van der Waals surface area contributed by atoms with E-state index in [-0.39, 0.29) is 0 Å². The maximum absolute atomic E-state index is 4.15. The second kappa shape index (κ2) is 5.25. The van der Waals surface area contributed by atoms with Gasteiger partial charge in [0.05, 0.1) is 11.9 Å². The summed E-state index contributed by atoms with van der Waals surface area (Å²) in [6, 6.07) is 6.02. The Morgan fingerprint density at radius 2 is 2.00 bits per heavy atom. The number of nitrogens with one attached hydrogen (secondary N) is 2. The van der Waals surface area contributed by atoms with Gasteiger partial charge < -0.3 is 10.6 Å². The molecule has 0 atom stereocenters. The molecule has 0 saturated heterocycles. The lowest BCUT2D eigenvalue weighted by Gasteiger charge is -2.10. The minimum atomic E-state index is 0.344. The van der Waals surface area contributed by atoms with Crippen LogP contribution in [0.2, 0.25) is 0 Å². The number of hydrogen-bond donors (Lipinski definition) is 2. The highest BCUT2D eigenvalue weighted by molar-refractivity contribution is 5.57. The van der Waals surface area contributed by atoms with E-state index in [1.165, 1.54) is 6.33 Å². The molecule has 0 aliphatic heterocycles. The smallest absolute Gasteiger partial charge is 0.135 e. The number of pyridine rings is 1. The maximum Gasteiger partial charge on any atom is 0.135 e. The number of rotatable bonds is 4. The van der Waals surface area contributed by atoms with Crippen LogP contribution in [-0.4, -0.2) is 21.0 Å². The Balaban J connectivity index is 2.11. The van der Waals surface area contributed by atoms with Gasteiger partial charge in [-0.3, -0.25) is 4.98 Å². The van der Waals surface area contributed by atoms with E-state index >= 15 is 0 Å².